The minimum absolute atomic E-state index is 0.109. The first kappa shape index (κ1) is 12.7. The van der Waals surface area contributed by atoms with E-state index in [0.29, 0.717) is 5.92 Å². The van der Waals surface area contributed by atoms with Crippen LogP contribution in [0, 0.1) is 29.6 Å². The number of hydrogen-bond donors (Lipinski definition) is 1. The quantitative estimate of drug-likeness (QED) is 0.898. The summed E-state index contributed by atoms with van der Waals surface area (Å²) in [5.41, 5.74) is 7.79. The van der Waals surface area contributed by atoms with Gasteiger partial charge in [-0.05, 0) is 55.3 Å². The molecule has 0 aliphatic heterocycles. The molecule has 5 atom stereocenters. The van der Waals surface area contributed by atoms with Crippen molar-refractivity contribution in [2.24, 2.45) is 35.3 Å². The summed E-state index contributed by atoms with van der Waals surface area (Å²) in [6.45, 7) is 3.11. The Balaban J connectivity index is 1.60. The summed E-state index contributed by atoms with van der Waals surface area (Å²) in [6.07, 6.45) is 7.27. The van der Waals surface area contributed by atoms with Crippen molar-refractivity contribution in [1.29, 1.82) is 0 Å². The normalized spacial score (nSPS) is 38.9. The summed E-state index contributed by atoms with van der Waals surface area (Å²) >= 11 is 0. The largest absolute Gasteiger partial charge is 0.493 e. The first-order valence-corrected chi connectivity index (χ1v) is 8.11. The molecular formula is C16H25N3O. The summed E-state index contributed by atoms with van der Waals surface area (Å²) in [5.74, 6) is 5.30. The Labute approximate surface area is 120 Å². The van der Waals surface area contributed by atoms with E-state index in [2.05, 4.69) is 16.7 Å². The molecule has 110 valence electrons. The number of methoxy groups -OCH3 is 1. The average Bonchev–Trinajstić information content (AvgIpc) is 2.80. The molecule has 3 aliphatic carbocycles. The molecule has 20 heavy (non-hydrogen) atoms. The van der Waals surface area contributed by atoms with Crippen LogP contribution in [0.3, 0.4) is 0 Å². The lowest BCUT2D eigenvalue weighted by molar-refractivity contribution is 0.370. The number of fused-ring (bicyclic) bond motifs is 5. The van der Waals surface area contributed by atoms with Crippen LogP contribution in [-0.2, 0) is 6.54 Å². The van der Waals surface area contributed by atoms with Gasteiger partial charge in [0, 0.05) is 6.54 Å². The van der Waals surface area contributed by atoms with Crippen molar-refractivity contribution in [3.63, 3.8) is 0 Å². The maximum atomic E-state index is 6.65. The standard InChI is InChI=1S/C16H25N3O/c1-3-6-19-16(11(20-2)8-18-19)15(17)14-12-9-4-5-10(7-9)13(12)14/h8-10,12-15H,3-7,17H2,1-2H3. The first-order valence-electron chi connectivity index (χ1n) is 8.11. The lowest BCUT2D eigenvalue weighted by Gasteiger charge is -2.19. The van der Waals surface area contributed by atoms with Crippen LogP contribution in [0.25, 0.3) is 0 Å². The second kappa shape index (κ2) is 4.48. The Morgan fingerprint density at radius 2 is 2.10 bits per heavy atom. The van der Waals surface area contributed by atoms with E-state index >= 15 is 0 Å². The van der Waals surface area contributed by atoms with Gasteiger partial charge >= 0.3 is 0 Å². The summed E-state index contributed by atoms with van der Waals surface area (Å²) in [6, 6.07) is 0.109. The number of ether oxygens (including phenoxy) is 1. The second-order valence-corrected chi connectivity index (χ2v) is 6.91. The highest BCUT2D eigenvalue weighted by Crippen LogP contribution is 2.72. The van der Waals surface area contributed by atoms with E-state index in [-0.39, 0.29) is 6.04 Å². The van der Waals surface area contributed by atoms with E-state index in [9.17, 15) is 0 Å². The topological polar surface area (TPSA) is 53.1 Å². The van der Waals surface area contributed by atoms with Crippen LogP contribution in [0.4, 0.5) is 0 Å². The van der Waals surface area contributed by atoms with Crippen LogP contribution in [0.5, 0.6) is 5.75 Å². The molecule has 4 heteroatoms. The summed E-state index contributed by atoms with van der Waals surface area (Å²) in [4.78, 5) is 0. The van der Waals surface area contributed by atoms with Crippen molar-refractivity contribution in [3.05, 3.63) is 11.9 Å². The Kier molecular flexibility index (Phi) is 2.85. The molecule has 0 radical (unpaired) electrons. The molecule has 3 fully saturated rings. The Bertz CT molecular complexity index is 496. The first-order chi connectivity index (χ1) is 9.76. The van der Waals surface area contributed by atoms with Gasteiger partial charge in [0.15, 0.2) is 5.75 Å². The van der Waals surface area contributed by atoms with E-state index in [1.54, 1.807) is 7.11 Å². The molecule has 2 N–H and O–H groups in total. The third-order valence-corrected chi connectivity index (χ3v) is 6.03. The Morgan fingerprint density at radius 3 is 2.70 bits per heavy atom. The summed E-state index contributed by atoms with van der Waals surface area (Å²) in [5, 5.41) is 4.47. The SMILES string of the molecule is CCCn1ncc(OC)c1C(N)C1C2C3CCC(C3)C21. The van der Waals surface area contributed by atoms with Gasteiger partial charge in [0.05, 0.1) is 25.0 Å². The van der Waals surface area contributed by atoms with Gasteiger partial charge in [-0.2, -0.15) is 5.10 Å². The van der Waals surface area contributed by atoms with Crippen molar-refractivity contribution in [2.75, 3.05) is 7.11 Å². The molecule has 4 nitrogen and oxygen atoms in total. The monoisotopic (exact) mass is 275 g/mol. The van der Waals surface area contributed by atoms with Crippen molar-refractivity contribution in [1.82, 2.24) is 9.78 Å². The van der Waals surface area contributed by atoms with Crippen LogP contribution in [-0.4, -0.2) is 16.9 Å². The van der Waals surface area contributed by atoms with Crippen LogP contribution in [0.1, 0.15) is 44.3 Å². The van der Waals surface area contributed by atoms with Gasteiger partial charge in [-0.15, -0.1) is 0 Å². The number of nitrogens with two attached hydrogens (primary N) is 1. The predicted octanol–water partition coefficient (Wildman–Crippen LogP) is 2.59. The minimum Gasteiger partial charge on any atom is -0.493 e. The fourth-order valence-electron chi connectivity index (χ4n) is 5.32. The highest BCUT2D eigenvalue weighted by Gasteiger charge is 2.66. The number of rotatable bonds is 5. The molecule has 1 heterocycles. The van der Waals surface area contributed by atoms with Gasteiger partial charge in [-0.3, -0.25) is 4.68 Å². The molecule has 4 rings (SSSR count). The molecule has 0 spiro atoms. The van der Waals surface area contributed by atoms with Crippen LogP contribution >= 0.6 is 0 Å². The molecule has 0 saturated heterocycles. The number of aryl methyl sites for hydroxylation is 1. The maximum Gasteiger partial charge on any atom is 0.161 e. The summed E-state index contributed by atoms with van der Waals surface area (Å²) < 4.78 is 7.57. The van der Waals surface area contributed by atoms with Crippen molar-refractivity contribution >= 4 is 0 Å². The number of aromatic nitrogens is 2. The zero-order chi connectivity index (χ0) is 13.9. The fraction of sp³-hybridized carbons (Fsp3) is 0.812. The third kappa shape index (κ3) is 1.60. The van der Waals surface area contributed by atoms with Gasteiger partial charge in [0.2, 0.25) is 0 Å². The Morgan fingerprint density at radius 1 is 1.40 bits per heavy atom. The highest BCUT2D eigenvalue weighted by molar-refractivity contribution is 5.32. The smallest absolute Gasteiger partial charge is 0.161 e. The van der Waals surface area contributed by atoms with Crippen molar-refractivity contribution in [2.45, 2.75) is 45.2 Å². The molecule has 0 amide bonds. The molecule has 3 aliphatic rings. The fourth-order valence-corrected chi connectivity index (χ4v) is 5.32. The maximum absolute atomic E-state index is 6.65. The molecule has 5 unspecified atom stereocenters. The molecule has 1 aromatic heterocycles. The van der Waals surface area contributed by atoms with E-state index < -0.39 is 0 Å². The van der Waals surface area contributed by atoms with Gasteiger partial charge in [0.1, 0.15) is 0 Å². The number of hydrogen-bond acceptors (Lipinski definition) is 3. The zero-order valence-corrected chi connectivity index (χ0v) is 12.5. The Hall–Kier alpha value is -1.03. The third-order valence-electron chi connectivity index (χ3n) is 6.03. The highest BCUT2D eigenvalue weighted by atomic mass is 16.5. The molecule has 1 aromatic rings. The van der Waals surface area contributed by atoms with Gasteiger partial charge < -0.3 is 10.5 Å². The lowest BCUT2D eigenvalue weighted by Crippen LogP contribution is -2.22. The van der Waals surface area contributed by atoms with Crippen molar-refractivity contribution in [3.8, 4) is 5.75 Å². The van der Waals surface area contributed by atoms with E-state index in [1.165, 1.54) is 19.3 Å². The second-order valence-electron chi connectivity index (χ2n) is 6.91. The summed E-state index contributed by atoms with van der Waals surface area (Å²) in [7, 11) is 1.72. The number of nitrogens with zero attached hydrogens (tertiary/aromatic N) is 2. The zero-order valence-electron chi connectivity index (χ0n) is 12.5. The van der Waals surface area contributed by atoms with Gasteiger partial charge in [-0.25, -0.2) is 0 Å². The predicted molar refractivity (Wildman–Crippen MR) is 77.3 cm³/mol. The molecule has 3 saturated carbocycles. The van der Waals surface area contributed by atoms with E-state index in [1.807, 2.05) is 6.20 Å². The van der Waals surface area contributed by atoms with Crippen molar-refractivity contribution < 1.29 is 4.74 Å². The average molecular weight is 275 g/mol. The minimum atomic E-state index is 0.109. The van der Waals surface area contributed by atoms with E-state index in [0.717, 1.165) is 48.1 Å². The molecular weight excluding hydrogens is 250 g/mol. The van der Waals surface area contributed by atoms with Crippen LogP contribution in [0.2, 0.25) is 0 Å². The van der Waals surface area contributed by atoms with Gasteiger partial charge in [0.25, 0.3) is 0 Å². The molecule has 2 bridgehead atoms. The van der Waals surface area contributed by atoms with Crippen LogP contribution in [0.15, 0.2) is 6.20 Å². The molecule has 0 aromatic carbocycles. The van der Waals surface area contributed by atoms with E-state index in [4.69, 9.17) is 10.5 Å². The van der Waals surface area contributed by atoms with Gasteiger partial charge in [-0.1, -0.05) is 6.92 Å². The van der Waals surface area contributed by atoms with Crippen LogP contribution < -0.4 is 10.5 Å². The lowest BCUT2D eigenvalue weighted by atomic mass is 9.96.